The maximum Gasteiger partial charge on any atom is 0.238 e. The summed E-state index contributed by atoms with van der Waals surface area (Å²) in [5, 5.41) is 2.35. The summed E-state index contributed by atoms with van der Waals surface area (Å²) in [6, 6.07) is 64.8. The molecule has 0 radical (unpaired) electrons. The molecule has 0 bridgehead atoms. The lowest BCUT2D eigenvalue weighted by Crippen LogP contribution is -2.53. The molecule has 388 valence electrons. The van der Waals surface area contributed by atoms with Crippen LogP contribution in [-0.4, -0.2) is 19.5 Å². The molecule has 77 heavy (non-hydrogen) atoms. The molecule has 9 aromatic rings. The Morgan fingerprint density at radius 3 is 1.88 bits per heavy atom. The highest BCUT2D eigenvalue weighted by molar-refractivity contribution is 6.11. The van der Waals surface area contributed by atoms with Gasteiger partial charge in [-0.3, -0.25) is 4.57 Å². The van der Waals surface area contributed by atoms with Crippen LogP contribution < -0.4 is 0 Å². The Bertz CT molecular complexity index is 3580. The molecule has 9 atom stereocenters. The van der Waals surface area contributed by atoms with Crippen molar-refractivity contribution < 1.29 is 0 Å². The van der Waals surface area contributed by atoms with E-state index in [1.54, 1.807) is 0 Å². The van der Waals surface area contributed by atoms with Gasteiger partial charge in [0, 0.05) is 21.9 Å². The van der Waals surface area contributed by atoms with Crippen molar-refractivity contribution in [3.63, 3.8) is 0 Å². The second-order valence-corrected chi connectivity index (χ2v) is 25.7. The average molecular weight is 1010 g/mol. The quantitative estimate of drug-likeness (QED) is 0.130. The van der Waals surface area contributed by atoms with Crippen molar-refractivity contribution in [2.45, 2.75) is 123 Å². The molecule has 0 spiro atoms. The summed E-state index contributed by atoms with van der Waals surface area (Å²) in [5.41, 5.74) is 13.8. The largest absolute Gasteiger partial charge is 0.278 e. The predicted molar refractivity (Wildman–Crippen MR) is 318 cm³/mol. The lowest BCUT2D eigenvalue weighted by Gasteiger charge is -2.61. The topological polar surface area (TPSA) is 43.6 Å². The van der Waals surface area contributed by atoms with Crippen LogP contribution in [-0.2, 0) is 5.41 Å². The van der Waals surface area contributed by atoms with E-state index in [2.05, 4.69) is 215 Å². The minimum absolute atomic E-state index is 0.472. The molecular weight excluding hydrogens is 933 g/mol. The van der Waals surface area contributed by atoms with E-state index in [0.29, 0.717) is 34.3 Å². The van der Waals surface area contributed by atoms with Gasteiger partial charge < -0.3 is 0 Å². The molecule has 0 N–H and O–H groups in total. The number of benzene rings is 7. The molecular formula is C73H76N4. The Hall–Kier alpha value is -6.65. The number of aromatic nitrogens is 4. The van der Waals surface area contributed by atoms with Crippen LogP contribution in [0, 0.1) is 52.3 Å². The van der Waals surface area contributed by atoms with Crippen LogP contribution in [0.2, 0.25) is 0 Å². The van der Waals surface area contributed by atoms with Crippen LogP contribution in [0.15, 0.2) is 176 Å². The molecule has 2 heterocycles. The maximum atomic E-state index is 5.48. The zero-order valence-electron chi connectivity index (χ0n) is 46.1. The van der Waals surface area contributed by atoms with E-state index in [1.807, 2.05) is 0 Å². The second-order valence-electron chi connectivity index (χ2n) is 25.7. The maximum absolute atomic E-state index is 5.48. The first-order valence-corrected chi connectivity index (χ1v) is 29.8. The van der Waals surface area contributed by atoms with E-state index in [0.717, 1.165) is 63.6 Å². The van der Waals surface area contributed by atoms with E-state index in [9.17, 15) is 0 Å². The lowest BCUT2D eigenvalue weighted by atomic mass is 9.43. The minimum atomic E-state index is -0.502. The van der Waals surface area contributed by atoms with E-state index >= 15 is 0 Å². The summed E-state index contributed by atoms with van der Waals surface area (Å²) in [6.07, 6.45) is 17.0. The first kappa shape index (κ1) is 48.7. The van der Waals surface area contributed by atoms with Gasteiger partial charge in [0.2, 0.25) is 5.95 Å². The molecule has 0 amide bonds. The molecule has 0 saturated heterocycles. The summed E-state index contributed by atoms with van der Waals surface area (Å²) in [4.78, 5) is 16.2. The standard InChI is InChI=1S/C73H76N4/c1-47(2)20-19-21-48(3)61-38-39-62-58-37-36-55-44-52(40-42-71(55,4)63(58)41-43-72(61,62)5)49-32-34-51(35-33-49)69-74-68(50-22-9-6-10-23-50)75-70(76-69)77-66-31-18-16-29-57(66)60-45-65-59(46-67(60)77)56-28-15-17-30-64(56)73(65,53-24-11-7-12-25-53)54-26-13-8-14-27-54/h6-18,22-35,45-48,52,55,58,61-63H,19-21,36-44H2,1-5H3/t48-,52?,55+,58+,61-,62+,63+,71+,72-/m1/s1. The Kier molecular flexibility index (Phi) is 12.1. The normalized spacial score (nSPS) is 26.5. The Morgan fingerprint density at radius 1 is 0.519 bits per heavy atom. The fraction of sp³-hybridized carbons (Fsp3) is 0.384. The van der Waals surface area contributed by atoms with Gasteiger partial charge in [0.05, 0.1) is 16.4 Å². The van der Waals surface area contributed by atoms with Gasteiger partial charge in [-0.15, -0.1) is 0 Å². The summed E-state index contributed by atoms with van der Waals surface area (Å²) in [5.74, 6) is 8.80. The molecule has 5 aliphatic rings. The van der Waals surface area contributed by atoms with E-state index in [-0.39, 0.29) is 0 Å². The van der Waals surface area contributed by atoms with Crippen molar-refractivity contribution in [1.82, 2.24) is 19.5 Å². The zero-order valence-corrected chi connectivity index (χ0v) is 46.1. The SMILES string of the molecule is CC(C)CCC[C@@H](C)[C@H]1CC[C@H]2[C@@H]3CC[C@H]4CC(c5ccc(-c6nc(-c7ccccc7)nc(-n7c8ccccc8c8cc9c(cc87)-c7ccccc7C9(c7ccccc7)c7ccccc7)n6)cc5)CC[C@]4(C)[C@H]3CC[C@]12C. The smallest absolute Gasteiger partial charge is 0.238 e. The summed E-state index contributed by atoms with van der Waals surface area (Å²) in [7, 11) is 0. The fourth-order valence-electron chi connectivity index (χ4n) is 17.9. The second kappa shape index (κ2) is 19.1. The monoisotopic (exact) mass is 1010 g/mol. The van der Waals surface area contributed by atoms with Gasteiger partial charge in [-0.05, 0) is 173 Å². The van der Waals surface area contributed by atoms with Gasteiger partial charge in [0.25, 0.3) is 0 Å². The highest BCUT2D eigenvalue weighted by Gasteiger charge is 2.60. The van der Waals surface area contributed by atoms with Crippen molar-refractivity contribution in [1.29, 1.82) is 0 Å². The minimum Gasteiger partial charge on any atom is -0.278 e. The summed E-state index contributed by atoms with van der Waals surface area (Å²) < 4.78 is 2.30. The van der Waals surface area contributed by atoms with Gasteiger partial charge in [-0.25, -0.2) is 4.98 Å². The molecule has 4 saturated carbocycles. The molecule has 1 unspecified atom stereocenters. The van der Waals surface area contributed by atoms with Gasteiger partial charge in [-0.2, -0.15) is 9.97 Å². The number of fused-ring (bicyclic) bond motifs is 11. The van der Waals surface area contributed by atoms with Gasteiger partial charge in [0.1, 0.15) is 0 Å². The fourth-order valence-corrected chi connectivity index (χ4v) is 17.9. The Balaban J connectivity index is 0.798. The third-order valence-electron chi connectivity index (χ3n) is 21.6. The average Bonchev–Trinajstić information content (AvgIpc) is 4.21. The van der Waals surface area contributed by atoms with Crippen molar-refractivity contribution in [3.05, 3.63) is 204 Å². The highest BCUT2D eigenvalue weighted by Crippen LogP contribution is 2.69. The zero-order chi connectivity index (χ0) is 52.0. The molecule has 4 heteroatoms. The number of nitrogens with zero attached hydrogens (tertiary/aromatic N) is 4. The number of hydrogen-bond acceptors (Lipinski definition) is 3. The van der Waals surface area contributed by atoms with Crippen LogP contribution >= 0.6 is 0 Å². The van der Waals surface area contributed by atoms with Crippen LogP contribution in [0.4, 0.5) is 0 Å². The molecule has 4 fully saturated rings. The van der Waals surface area contributed by atoms with E-state index in [1.165, 1.54) is 127 Å². The number of rotatable bonds is 11. The van der Waals surface area contributed by atoms with Crippen molar-refractivity contribution in [2.75, 3.05) is 0 Å². The molecule has 2 aromatic heterocycles. The van der Waals surface area contributed by atoms with Gasteiger partial charge in [0.15, 0.2) is 11.6 Å². The van der Waals surface area contributed by atoms with Gasteiger partial charge in [-0.1, -0.05) is 212 Å². The molecule has 7 aromatic carbocycles. The van der Waals surface area contributed by atoms with Crippen LogP contribution in [0.3, 0.4) is 0 Å². The Morgan fingerprint density at radius 2 is 1.16 bits per heavy atom. The Labute approximate surface area is 457 Å². The van der Waals surface area contributed by atoms with Crippen molar-refractivity contribution in [3.8, 4) is 39.9 Å². The molecule has 0 aliphatic heterocycles. The van der Waals surface area contributed by atoms with Gasteiger partial charge >= 0.3 is 0 Å². The predicted octanol–water partition coefficient (Wildman–Crippen LogP) is 18.9. The van der Waals surface area contributed by atoms with Crippen molar-refractivity contribution >= 4 is 21.8 Å². The number of hydrogen-bond donors (Lipinski definition) is 0. The first-order chi connectivity index (χ1) is 37.6. The lowest BCUT2D eigenvalue weighted by molar-refractivity contribution is -0.117. The number of para-hydroxylation sites is 1. The summed E-state index contributed by atoms with van der Waals surface area (Å²) in [6.45, 7) is 12.9. The molecule has 14 rings (SSSR count). The van der Waals surface area contributed by atoms with Crippen LogP contribution in [0.25, 0.3) is 61.7 Å². The molecule has 4 nitrogen and oxygen atoms in total. The summed E-state index contributed by atoms with van der Waals surface area (Å²) >= 11 is 0. The van der Waals surface area contributed by atoms with Crippen LogP contribution in [0.5, 0.6) is 0 Å². The van der Waals surface area contributed by atoms with E-state index in [4.69, 9.17) is 15.0 Å². The van der Waals surface area contributed by atoms with Crippen LogP contribution in [0.1, 0.15) is 145 Å². The highest BCUT2D eigenvalue weighted by atomic mass is 15.2. The third-order valence-corrected chi connectivity index (χ3v) is 21.6. The first-order valence-electron chi connectivity index (χ1n) is 29.8. The molecule has 5 aliphatic carbocycles. The van der Waals surface area contributed by atoms with E-state index < -0.39 is 5.41 Å². The van der Waals surface area contributed by atoms with Crippen molar-refractivity contribution in [2.24, 2.45) is 52.3 Å². The third kappa shape index (κ3) is 7.76.